The molecule has 0 saturated carbocycles. The van der Waals surface area contributed by atoms with Crippen molar-refractivity contribution in [2.45, 2.75) is 13.1 Å². The van der Waals surface area contributed by atoms with Crippen molar-refractivity contribution in [2.24, 2.45) is 5.10 Å². The Balaban J connectivity index is 2.20. The number of anilines is 1. The summed E-state index contributed by atoms with van der Waals surface area (Å²) in [5.41, 5.74) is 6.10. The molecule has 0 aliphatic heterocycles. The number of imidazole rings is 1. The van der Waals surface area contributed by atoms with Crippen LogP contribution in [0.25, 0.3) is 0 Å². The number of hydrogen-bond acceptors (Lipinski definition) is 4. The maximum absolute atomic E-state index is 13.7. The van der Waals surface area contributed by atoms with E-state index in [2.05, 4.69) is 14.8 Å². The minimum Gasteiger partial charge on any atom is -0.478 e. The topological polar surface area (TPSA) is 65.4 Å². The fourth-order valence-corrected chi connectivity index (χ4v) is 1.67. The summed E-state index contributed by atoms with van der Waals surface area (Å²) in [6.45, 7) is -0.117. The van der Waals surface area contributed by atoms with Crippen LogP contribution in [-0.4, -0.2) is 28.7 Å². The summed E-state index contributed by atoms with van der Waals surface area (Å²) in [7, 11) is 0. The van der Waals surface area contributed by atoms with Gasteiger partial charge in [0.2, 0.25) is 5.95 Å². The molecule has 1 aromatic carbocycles. The van der Waals surface area contributed by atoms with Crippen molar-refractivity contribution < 1.29 is 26.7 Å². The second kappa shape index (κ2) is 6.23. The highest BCUT2D eigenvalue weighted by molar-refractivity contribution is 5.80. The fraction of sp³-hybridized carbons (Fsp3) is 0.231. The minimum absolute atomic E-state index is 0.0230. The van der Waals surface area contributed by atoms with Crippen LogP contribution in [0.2, 0.25) is 0 Å². The van der Waals surface area contributed by atoms with E-state index < -0.39 is 30.2 Å². The Morgan fingerprint density at radius 1 is 1.30 bits per heavy atom. The number of aromatic nitrogens is 2. The molecule has 5 nitrogen and oxygen atoms in total. The van der Waals surface area contributed by atoms with E-state index in [1.165, 1.54) is 10.9 Å². The number of ether oxygens (including phenoxy) is 1. The van der Waals surface area contributed by atoms with Gasteiger partial charge in [-0.1, -0.05) is 0 Å². The first-order valence-corrected chi connectivity index (χ1v) is 6.20. The molecule has 0 atom stereocenters. The molecule has 0 radical (unpaired) electrons. The second-order valence-corrected chi connectivity index (χ2v) is 4.55. The zero-order valence-corrected chi connectivity index (χ0v) is 11.7. The van der Waals surface area contributed by atoms with Gasteiger partial charge in [-0.05, 0) is 19.1 Å². The molecule has 2 N–H and O–H groups in total. The normalized spacial score (nSPS) is 12.1. The number of halogens is 5. The number of nitrogens with two attached hydrogens (primary N) is 1. The lowest BCUT2D eigenvalue weighted by Gasteiger charge is -2.11. The van der Waals surface area contributed by atoms with E-state index in [0.29, 0.717) is 5.69 Å². The van der Waals surface area contributed by atoms with Gasteiger partial charge < -0.3 is 10.5 Å². The summed E-state index contributed by atoms with van der Waals surface area (Å²) >= 11 is 0. The van der Waals surface area contributed by atoms with Crippen molar-refractivity contribution >= 4 is 12.2 Å². The highest BCUT2D eigenvalue weighted by Gasteiger charge is 2.29. The van der Waals surface area contributed by atoms with E-state index in [-0.39, 0.29) is 11.5 Å². The molecule has 2 aromatic rings. The predicted octanol–water partition coefficient (Wildman–Crippen LogP) is 2.88. The largest absolute Gasteiger partial charge is 0.478 e. The number of nitrogen functional groups attached to an aromatic ring is 1. The quantitative estimate of drug-likeness (QED) is 0.691. The second-order valence-electron chi connectivity index (χ2n) is 4.55. The van der Waals surface area contributed by atoms with Crippen molar-refractivity contribution in [3.8, 4) is 5.75 Å². The van der Waals surface area contributed by atoms with Crippen molar-refractivity contribution in [2.75, 3.05) is 12.3 Å². The average molecular weight is 334 g/mol. The molecule has 124 valence electrons. The Morgan fingerprint density at radius 3 is 2.39 bits per heavy atom. The van der Waals surface area contributed by atoms with Gasteiger partial charge >= 0.3 is 6.18 Å². The number of nitrogens with zero attached hydrogens (tertiary/aromatic N) is 3. The first-order chi connectivity index (χ1) is 10.7. The Hall–Kier alpha value is -2.65. The van der Waals surface area contributed by atoms with Crippen LogP contribution in [-0.2, 0) is 0 Å². The van der Waals surface area contributed by atoms with E-state index in [1.54, 1.807) is 6.92 Å². The Kier molecular flexibility index (Phi) is 4.52. The molecule has 1 aromatic heterocycles. The van der Waals surface area contributed by atoms with Gasteiger partial charge in [-0.3, -0.25) is 0 Å². The molecular formula is C13H11F5N4O. The van der Waals surface area contributed by atoms with E-state index >= 15 is 0 Å². The van der Waals surface area contributed by atoms with Crippen molar-refractivity contribution in [1.29, 1.82) is 0 Å². The van der Waals surface area contributed by atoms with E-state index in [4.69, 9.17) is 5.73 Å². The van der Waals surface area contributed by atoms with Crippen LogP contribution < -0.4 is 10.5 Å². The lowest BCUT2D eigenvalue weighted by Crippen LogP contribution is -2.20. The van der Waals surface area contributed by atoms with Gasteiger partial charge in [-0.2, -0.15) is 18.3 Å². The van der Waals surface area contributed by atoms with E-state index in [9.17, 15) is 22.0 Å². The molecule has 0 amide bonds. The summed E-state index contributed by atoms with van der Waals surface area (Å²) in [6, 6.07) is 1.58. The lowest BCUT2D eigenvalue weighted by atomic mass is 10.2. The van der Waals surface area contributed by atoms with E-state index in [0.717, 1.165) is 18.3 Å². The lowest BCUT2D eigenvalue weighted by molar-refractivity contribution is -0.154. The summed E-state index contributed by atoms with van der Waals surface area (Å²) in [5.74, 6) is -3.57. The Morgan fingerprint density at radius 2 is 1.91 bits per heavy atom. The molecule has 0 aliphatic carbocycles. The molecule has 0 unspecified atom stereocenters. The number of hydrogen-bond donors (Lipinski definition) is 1. The highest BCUT2D eigenvalue weighted by atomic mass is 19.4. The highest BCUT2D eigenvalue weighted by Crippen LogP contribution is 2.25. The van der Waals surface area contributed by atoms with Gasteiger partial charge in [-0.25, -0.2) is 18.4 Å². The molecule has 10 heteroatoms. The maximum Gasteiger partial charge on any atom is 0.422 e. The van der Waals surface area contributed by atoms with Crippen molar-refractivity contribution in [3.63, 3.8) is 0 Å². The van der Waals surface area contributed by atoms with Gasteiger partial charge in [0.25, 0.3) is 0 Å². The number of rotatable bonds is 4. The molecule has 23 heavy (non-hydrogen) atoms. The maximum atomic E-state index is 13.7. The SMILES string of the molecule is Cc1cn(N=Cc2cc(F)c(OCC(F)(F)F)c(F)c2)c(N)n1. The number of aryl methyl sites for hydroxylation is 1. The third-order valence-electron chi connectivity index (χ3n) is 2.57. The first-order valence-electron chi connectivity index (χ1n) is 6.20. The smallest absolute Gasteiger partial charge is 0.422 e. The van der Waals surface area contributed by atoms with Crippen LogP contribution in [0.1, 0.15) is 11.3 Å². The molecule has 0 bridgehead atoms. The molecule has 0 saturated heterocycles. The zero-order chi connectivity index (χ0) is 17.2. The van der Waals surface area contributed by atoms with Gasteiger partial charge in [0.05, 0.1) is 18.1 Å². The third-order valence-corrected chi connectivity index (χ3v) is 2.57. The van der Waals surface area contributed by atoms with Crippen molar-refractivity contribution in [3.05, 3.63) is 41.2 Å². The summed E-state index contributed by atoms with van der Waals surface area (Å²) in [5, 5.41) is 3.84. The van der Waals surface area contributed by atoms with Gasteiger partial charge in [0.1, 0.15) is 0 Å². The van der Waals surface area contributed by atoms with Crippen LogP contribution in [0.4, 0.5) is 27.9 Å². The molecule has 0 fully saturated rings. The first kappa shape index (κ1) is 16.7. The summed E-state index contributed by atoms with van der Waals surface area (Å²) < 4.78 is 68.7. The minimum atomic E-state index is -4.70. The average Bonchev–Trinajstić information content (AvgIpc) is 2.72. The standard InChI is InChI=1S/C13H11F5N4O/c1-7-5-22(12(19)21-7)20-4-8-2-9(14)11(10(15)3-8)23-6-13(16,17)18/h2-5H,6H2,1H3,(H2,19,21). The van der Waals surface area contributed by atoms with Crippen LogP contribution in [0.5, 0.6) is 5.75 Å². The number of benzene rings is 1. The predicted molar refractivity (Wildman–Crippen MR) is 72.3 cm³/mol. The fourth-order valence-electron chi connectivity index (χ4n) is 1.67. The van der Waals surface area contributed by atoms with Gasteiger partial charge in [0, 0.05) is 5.56 Å². The van der Waals surface area contributed by atoms with Crippen LogP contribution in [0, 0.1) is 18.6 Å². The monoisotopic (exact) mass is 334 g/mol. The van der Waals surface area contributed by atoms with Gasteiger partial charge in [0.15, 0.2) is 24.0 Å². The third kappa shape index (κ3) is 4.41. The molecule has 0 aliphatic rings. The van der Waals surface area contributed by atoms with E-state index in [1.807, 2.05) is 0 Å². The number of alkyl halides is 3. The van der Waals surface area contributed by atoms with Gasteiger partial charge in [-0.15, -0.1) is 0 Å². The van der Waals surface area contributed by atoms with Crippen LogP contribution in [0.3, 0.4) is 0 Å². The van der Waals surface area contributed by atoms with Crippen molar-refractivity contribution in [1.82, 2.24) is 9.66 Å². The zero-order valence-electron chi connectivity index (χ0n) is 11.7. The molecule has 1 heterocycles. The molecule has 2 rings (SSSR count). The molecule has 0 spiro atoms. The Labute approximate surface area is 127 Å². The Bertz CT molecular complexity index is 715. The van der Waals surface area contributed by atoms with Crippen LogP contribution in [0.15, 0.2) is 23.4 Å². The van der Waals surface area contributed by atoms with Crippen LogP contribution >= 0.6 is 0 Å². The molecular weight excluding hydrogens is 323 g/mol. The summed E-state index contributed by atoms with van der Waals surface area (Å²) in [6.07, 6.45) is -2.13. The summed E-state index contributed by atoms with van der Waals surface area (Å²) in [4.78, 5) is 3.87.